The van der Waals surface area contributed by atoms with Gasteiger partial charge in [-0.2, -0.15) is 5.10 Å². The summed E-state index contributed by atoms with van der Waals surface area (Å²) in [6.07, 6.45) is 4.07. The van der Waals surface area contributed by atoms with Gasteiger partial charge in [0, 0.05) is 5.56 Å². The largest absolute Gasteiger partial charge is 0.493 e. The molecule has 1 amide bonds. The van der Waals surface area contributed by atoms with Crippen molar-refractivity contribution in [1.82, 2.24) is 5.32 Å². The maximum atomic E-state index is 13.5. The lowest BCUT2D eigenvalue weighted by Gasteiger charge is -2.08. The smallest absolute Gasteiger partial charge is 0.305 e. The zero-order chi connectivity index (χ0) is 18.9. The first-order chi connectivity index (χ1) is 12.5. The first-order valence-corrected chi connectivity index (χ1v) is 9.10. The summed E-state index contributed by atoms with van der Waals surface area (Å²) in [6, 6.07) is 4.12. The van der Waals surface area contributed by atoms with E-state index in [2.05, 4.69) is 22.4 Å². The number of carbonyl (C=O) groups is 2. The molecule has 1 saturated heterocycles. The molecular formula is C17H20FN3O4S. The van der Waals surface area contributed by atoms with Gasteiger partial charge in [0.15, 0.2) is 5.17 Å². The van der Waals surface area contributed by atoms with Gasteiger partial charge in [0.25, 0.3) is 0 Å². The second-order valence-electron chi connectivity index (χ2n) is 5.58. The van der Waals surface area contributed by atoms with Crippen molar-refractivity contribution in [2.75, 3.05) is 6.61 Å². The summed E-state index contributed by atoms with van der Waals surface area (Å²) in [5.41, 5.74) is 0.433. The summed E-state index contributed by atoms with van der Waals surface area (Å²) < 4.78 is 19.1. The molecule has 1 aromatic carbocycles. The van der Waals surface area contributed by atoms with Crippen LogP contribution in [0.15, 0.2) is 28.4 Å². The van der Waals surface area contributed by atoms with Crippen LogP contribution in [0.2, 0.25) is 0 Å². The lowest BCUT2D eigenvalue weighted by molar-refractivity contribution is -0.138. The van der Waals surface area contributed by atoms with Gasteiger partial charge in [-0.25, -0.2) is 4.39 Å². The van der Waals surface area contributed by atoms with Crippen molar-refractivity contribution in [1.29, 1.82) is 0 Å². The summed E-state index contributed by atoms with van der Waals surface area (Å²) in [6.45, 7) is 2.62. The number of hydrogen-bond donors (Lipinski definition) is 2. The molecular weight excluding hydrogens is 361 g/mol. The van der Waals surface area contributed by atoms with Gasteiger partial charge in [-0.05, 0) is 24.6 Å². The highest BCUT2D eigenvalue weighted by Crippen LogP contribution is 2.23. The van der Waals surface area contributed by atoms with Crippen molar-refractivity contribution < 1.29 is 23.8 Å². The van der Waals surface area contributed by atoms with E-state index in [4.69, 9.17) is 9.84 Å². The standard InChI is InChI=1S/C17H20FN3O4S/c1-2-3-4-7-25-13-6-5-12(18)8-11(13)10-19-21-17-20-16(24)14(26-17)9-15(22)23/h5-6,8,10,14H,2-4,7,9H2,1H3,(H,22,23)(H,20,21,24). The summed E-state index contributed by atoms with van der Waals surface area (Å²) in [5.74, 6) is -1.41. The Morgan fingerprint density at radius 2 is 2.27 bits per heavy atom. The van der Waals surface area contributed by atoms with Crippen molar-refractivity contribution in [3.8, 4) is 5.75 Å². The number of amides is 1. The Kier molecular flexibility index (Phi) is 7.58. The first-order valence-electron chi connectivity index (χ1n) is 8.22. The van der Waals surface area contributed by atoms with Gasteiger partial charge in [0.05, 0.1) is 19.2 Å². The molecule has 0 saturated carbocycles. The zero-order valence-corrected chi connectivity index (χ0v) is 15.1. The van der Waals surface area contributed by atoms with E-state index in [1.807, 2.05) is 0 Å². The normalized spacial score (nSPS) is 18.5. The van der Waals surface area contributed by atoms with Crippen molar-refractivity contribution in [2.45, 2.75) is 37.9 Å². The maximum Gasteiger partial charge on any atom is 0.305 e. The Labute approximate surface area is 154 Å². The quantitative estimate of drug-likeness (QED) is 0.389. The number of nitrogens with zero attached hydrogens (tertiary/aromatic N) is 2. The van der Waals surface area contributed by atoms with E-state index in [0.717, 1.165) is 31.0 Å². The van der Waals surface area contributed by atoms with E-state index < -0.39 is 22.9 Å². The number of nitrogens with one attached hydrogen (secondary N) is 1. The van der Waals surface area contributed by atoms with Crippen LogP contribution in [0.3, 0.4) is 0 Å². The van der Waals surface area contributed by atoms with E-state index in [1.54, 1.807) is 0 Å². The van der Waals surface area contributed by atoms with Gasteiger partial charge in [-0.1, -0.05) is 31.5 Å². The van der Waals surface area contributed by atoms with E-state index in [0.29, 0.717) is 17.9 Å². The molecule has 2 N–H and O–H groups in total. The number of ether oxygens (including phenoxy) is 1. The lowest BCUT2D eigenvalue weighted by atomic mass is 10.2. The summed E-state index contributed by atoms with van der Waals surface area (Å²) >= 11 is 0.998. The Bertz CT molecular complexity index is 724. The number of benzene rings is 1. The van der Waals surface area contributed by atoms with E-state index >= 15 is 0 Å². The predicted octanol–water partition coefficient (Wildman–Crippen LogP) is 2.79. The molecule has 1 unspecified atom stereocenters. The van der Waals surface area contributed by atoms with Gasteiger partial charge in [-0.3, -0.25) is 9.59 Å². The molecule has 0 bridgehead atoms. The molecule has 140 valence electrons. The number of halogens is 1. The fraction of sp³-hybridized carbons (Fsp3) is 0.412. The number of hydrogen-bond acceptors (Lipinski definition) is 6. The first kappa shape index (κ1) is 19.9. The van der Waals surface area contributed by atoms with Crippen LogP contribution in [-0.2, 0) is 9.59 Å². The third kappa shape index (κ3) is 6.14. The van der Waals surface area contributed by atoms with Crippen molar-refractivity contribution in [3.05, 3.63) is 29.6 Å². The van der Waals surface area contributed by atoms with Crippen LogP contribution >= 0.6 is 11.8 Å². The summed E-state index contributed by atoms with van der Waals surface area (Å²) in [4.78, 5) is 22.3. The van der Waals surface area contributed by atoms with Crippen LogP contribution in [0, 0.1) is 5.82 Å². The Morgan fingerprint density at radius 1 is 1.46 bits per heavy atom. The van der Waals surface area contributed by atoms with Gasteiger partial charge >= 0.3 is 5.97 Å². The highest BCUT2D eigenvalue weighted by Gasteiger charge is 2.32. The Balaban J connectivity index is 2.02. The summed E-state index contributed by atoms with van der Waals surface area (Å²) in [7, 11) is 0. The van der Waals surface area contributed by atoms with Crippen LogP contribution in [-0.4, -0.2) is 40.2 Å². The fourth-order valence-corrected chi connectivity index (χ4v) is 3.09. The predicted molar refractivity (Wildman–Crippen MR) is 98.2 cm³/mol. The minimum absolute atomic E-state index is 0.208. The third-order valence-corrected chi connectivity index (χ3v) is 4.53. The van der Waals surface area contributed by atoms with E-state index in [-0.39, 0.29) is 11.6 Å². The number of carboxylic acids is 1. The third-order valence-electron chi connectivity index (χ3n) is 3.46. The fourth-order valence-electron chi connectivity index (χ4n) is 2.17. The van der Waals surface area contributed by atoms with Crippen LogP contribution < -0.4 is 10.1 Å². The van der Waals surface area contributed by atoms with Crippen molar-refractivity contribution in [3.63, 3.8) is 0 Å². The van der Waals surface area contributed by atoms with Gasteiger partial charge in [0.1, 0.15) is 16.8 Å². The molecule has 1 aliphatic rings. The minimum atomic E-state index is -1.06. The van der Waals surface area contributed by atoms with Crippen LogP contribution in [0.1, 0.15) is 38.2 Å². The van der Waals surface area contributed by atoms with Gasteiger partial charge in [0.2, 0.25) is 5.91 Å². The monoisotopic (exact) mass is 381 g/mol. The molecule has 0 radical (unpaired) electrons. The number of amidine groups is 1. The number of carboxylic acid groups (broad SMARTS) is 1. The van der Waals surface area contributed by atoms with Crippen LogP contribution in [0.4, 0.5) is 4.39 Å². The van der Waals surface area contributed by atoms with Crippen LogP contribution in [0.25, 0.3) is 0 Å². The molecule has 1 fully saturated rings. The average Bonchev–Trinajstić information content (AvgIpc) is 2.92. The number of thioether (sulfide) groups is 1. The van der Waals surface area contributed by atoms with E-state index in [9.17, 15) is 14.0 Å². The average molecular weight is 381 g/mol. The molecule has 0 aliphatic carbocycles. The van der Waals surface area contributed by atoms with Crippen molar-refractivity contribution >= 4 is 35.0 Å². The lowest BCUT2D eigenvalue weighted by Crippen LogP contribution is -2.26. The molecule has 1 atom stereocenters. The Hall–Kier alpha value is -2.42. The molecule has 1 aliphatic heterocycles. The number of carbonyl (C=O) groups excluding carboxylic acids is 1. The number of aliphatic carboxylic acids is 1. The van der Waals surface area contributed by atoms with E-state index in [1.165, 1.54) is 24.4 Å². The summed E-state index contributed by atoms with van der Waals surface area (Å²) in [5, 5.41) is 18.4. The Morgan fingerprint density at radius 3 is 3.00 bits per heavy atom. The van der Waals surface area contributed by atoms with Gasteiger partial charge < -0.3 is 15.2 Å². The molecule has 1 heterocycles. The topological polar surface area (TPSA) is 100 Å². The number of rotatable bonds is 9. The van der Waals surface area contributed by atoms with Crippen molar-refractivity contribution in [2.24, 2.45) is 10.2 Å². The highest BCUT2D eigenvalue weighted by atomic mass is 32.2. The molecule has 0 aromatic heterocycles. The minimum Gasteiger partial charge on any atom is -0.493 e. The second-order valence-corrected chi connectivity index (χ2v) is 6.77. The van der Waals surface area contributed by atoms with Gasteiger partial charge in [-0.15, -0.1) is 5.10 Å². The molecule has 0 spiro atoms. The molecule has 26 heavy (non-hydrogen) atoms. The second kappa shape index (κ2) is 9.91. The number of unbranched alkanes of at least 4 members (excludes halogenated alkanes) is 2. The molecule has 1 aromatic rings. The zero-order valence-electron chi connectivity index (χ0n) is 14.3. The highest BCUT2D eigenvalue weighted by molar-refractivity contribution is 8.15. The molecule has 7 nitrogen and oxygen atoms in total. The molecule has 2 rings (SSSR count). The van der Waals surface area contributed by atoms with Crippen LogP contribution in [0.5, 0.6) is 5.75 Å². The maximum absolute atomic E-state index is 13.5. The SMILES string of the molecule is CCCCCOc1ccc(F)cc1C=NN=C1NC(=O)C(CC(=O)O)S1. The molecule has 9 heteroatoms.